The zero-order chi connectivity index (χ0) is 13.2. The van der Waals surface area contributed by atoms with Crippen molar-refractivity contribution >= 4 is 11.6 Å². The van der Waals surface area contributed by atoms with Crippen LogP contribution in [0.4, 0.5) is 0 Å². The van der Waals surface area contributed by atoms with Gasteiger partial charge in [-0.25, -0.2) is 0 Å². The van der Waals surface area contributed by atoms with Gasteiger partial charge < -0.3 is 10.8 Å². The minimum absolute atomic E-state index is 0.128. The van der Waals surface area contributed by atoms with E-state index in [1.165, 1.54) is 12.0 Å². The molecule has 0 aromatic heterocycles. The highest BCUT2D eigenvalue weighted by Gasteiger charge is 2.43. The van der Waals surface area contributed by atoms with Crippen molar-refractivity contribution in [1.29, 1.82) is 0 Å². The Morgan fingerprint density at radius 1 is 1.33 bits per heavy atom. The third-order valence-electron chi connectivity index (χ3n) is 4.17. The monoisotopic (exact) mass is 267 g/mol. The van der Waals surface area contributed by atoms with E-state index < -0.39 is 5.60 Å². The van der Waals surface area contributed by atoms with Crippen molar-refractivity contribution in [2.45, 2.75) is 50.0 Å². The molecule has 1 aromatic rings. The molecule has 2 rings (SSSR count). The number of hydrogen-bond acceptors (Lipinski definition) is 2. The highest BCUT2D eigenvalue weighted by molar-refractivity contribution is 6.30. The van der Waals surface area contributed by atoms with Gasteiger partial charge in [-0.15, -0.1) is 0 Å². The molecule has 0 saturated heterocycles. The molecular formula is C15H22ClNO. The van der Waals surface area contributed by atoms with Crippen LogP contribution in [0.15, 0.2) is 24.3 Å². The Bertz CT molecular complexity index is 395. The van der Waals surface area contributed by atoms with Crippen LogP contribution in [-0.2, 0) is 5.41 Å². The van der Waals surface area contributed by atoms with Gasteiger partial charge in [0.1, 0.15) is 0 Å². The maximum atomic E-state index is 10.4. The maximum absolute atomic E-state index is 10.4. The van der Waals surface area contributed by atoms with E-state index in [1.54, 1.807) is 0 Å². The Labute approximate surface area is 114 Å². The average molecular weight is 268 g/mol. The van der Waals surface area contributed by atoms with E-state index in [9.17, 15) is 5.11 Å². The molecule has 0 aliphatic heterocycles. The summed E-state index contributed by atoms with van der Waals surface area (Å²) < 4.78 is 0. The minimum Gasteiger partial charge on any atom is -0.390 e. The number of benzene rings is 1. The van der Waals surface area contributed by atoms with Crippen LogP contribution < -0.4 is 5.73 Å². The van der Waals surface area contributed by atoms with Crippen LogP contribution in [0.25, 0.3) is 0 Å². The van der Waals surface area contributed by atoms with E-state index in [0.717, 1.165) is 24.3 Å². The quantitative estimate of drug-likeness (QED) is 0.860. The molecule has 1 aliphatic rings. The summed E-state index contributed by atoms with van der Waals surface area (Å²) in [6.45, 7) is 2.43. The standard InChI is InChI=1S/C15H22ClNO/c1-14(18,9-10-17)11-15(7-2-8-15)12-3-5-13(16)6-4-12/h3-6,18H,2,7-11,17H2,1H3. The summed E-state index contributed by atoms with van der Waals surface area (Å²) in [6.07, 6.45) is 4.98. The summed E-state index contributed by atoms with van der Waals surface area (Å²) in [5.41, 5.74) is 6.33. The van der Waals surface area contributed by atoms with Crippen LogP contribution in [0.3, 0.4) is 0 Å². The van der Waals surface area contributed by atoms with E-state index in [4.69, 9.17) is 17.3 Å². The Kier molecular flexibility index (Phi) is 4.00. The second-order valence-electron chi connectivity index (χ2n) is 5.85. The SMILES string of the molecule is CC(O)(CCN)CC1(c2ccc(Cl)cc2)CCC1. The van der Waals surface area contributed by atoms with Crippen molar-refractivity contribution in [1.82, 2.24) is 0 Å². The van der Waals surface area contributed by atoms with Gasteiger partial charge >= 0.3 is 0 Å². The molecule has 1 fully saturated rings. The molecule has 1 saturated carbocycles. The zero-order valence-electron chi connectivity index (χ0n) is 11.0. The average Bonchev–Trinajstić information content (AvgIpc) is 2.25. The molecule has 0 amide bonds. The molecule has 1 atom stereocenters. The van der Waals surface area contributed by atoms with E-state index in [1.807, 2.05) is 19.1 Å². The Balaban J connectivity index is 2.18. The van der Waals surface area contributed by atoms with Crippen molar-refractivity contribution in [3.8, 4) is 0 Å². The molecule has 18 heavy (non-hydrogen) atoms. The number of nitrogens with two attached hydrogens (primary N) is 1. The summed E-state index contributed by atoms with van der Waals surface area (Å²) in [5, 5.41) is 11.2. The van der Waals surface area contributed by atoms with Gasteiger partial charge in [0, 0.05) is 5.02 Å². The molecule has 1 aromatic carbocycles. The minimum atomic E-state index is -0.672. The molecule has 2 nitrogen and oxygen atoms in total. The summed E-state index contributed by atoms with van der Waals surface area (Å²) >= 11 is 5.94. The lowest BCUT2D eigenvalue weighted by Crippen LogP contribution is -2.43. The van der Waals surface area contributed by atoms with Crippen molar-refractivity contribution in [2.24, 2.45) is 5.73 Å². The van der Waals surface area contributed by atoms with Crippen LogP contribution >= 0.6 is 11.6 Å². The number of aliphatic hydroxyl groups is 1. The van der Waals surface area contributed by atoms with Gasteiger partial charge in [-0.05, 0) is 62.3 Å². The zero-order valence-corrected chi connectivity index (χ0v) is 11.7. The van der Waals surface area contributed by atoms with Gasteiger partial charge in [0.25, 0.3) is 0 Å². The third-order valence-corrected chi connectivity index (χ3v) is 4.42. The summed E-state index contributed by atoms with van der Waals surface area (Å²) in [5.74, 6) is 0. The smallest absolute Gasteiger partial charge is 0.0640 e. The van der Waals surface area contributed by atoms with Gasteiger partial charge in [-0.2, -0.15) is 0 Å². The third kappa shape index (κ3) is 2.87. The Morgan fingerprint density at radius 2 is 1.94 bits per heavy atom. The molecular weight excluding hydrogens is 246 g/mol. The summed E-state index contributed by atoms with van der Waals surface area (Å²) in [4.78, 5) is 0. The van der Waals surface area contributed by atoms with E-state index in [2.05, 4.69) is 12.1 Å². The second kappa shape index (κ2) is 5.20. The molecule has 1 aliphatic carbocycles. The molecule has 0 radical (unpaired) electrons. The van der Waals surface area contributed by atoms with Gasteiger partial charge in [0.2, 0.25) is 0 Å². The van der Waals surface area contributed by atoms with Crippen molar-refractivity contribution < 1.29 is 5.11 Å². The molecule has 0 bridgehead atoms. The highest BCUT2D eigenvalue weighted by atomic mass is 35.5. The fourth-order valence-electron chi connectivity index (χ4n) is 3.10. The molecule has 100 valence electrons. The van der Waals surface area contributed by atoms with Crippen LogP contribution in [0, 0.1) is 0 Å². The number of rotatable bonds is 5. The van der Waals surface area contributed by atoms with E-state index in [-0.39, 0.29) is 5.41 Å². The van der Waals surface area contributed by atoms with Crippen molar-refractivity contribution in [3.05, 3.63) is 34.9 Å². The lowest BCUT2D eigenvalue weighted by molar-refractivity contribution is 0.00150. The van der Waals surface area contributed by atoms with Gasteiger partial charge in [-0.3, -0.25) is 0 Å². The van der Waals surface area contributed by atoms with Gasteiger partial charge in [0.05, 0.1) is 5.60 Å². The number of halogens is 1. The molecule has 3 N–H and O–H groups in total. The largest absolute Gasteiger partial charge is 0.390 e. The second-order valence-corrected chi connectivity index (χ2v) is 6.29. The highest BCUT2D eigenvalue weighted by Crippen LogP contribution is 2.49. The molecule has 0 spiro atoms. The Morgan fingerprint density at radius 3 is 2.39 bits per heavy atom. The van der Waals surface area contributed by atoms with E-state index in [0.29, 0.717) is 13.0 Å². The Hall–Kier alpha value is -0.570. The first-order valence-corrected chi connectivity index (χ1v) is 7.04. The fourth-order valence-corrected chi connectivity index (χ4v) is 3.23. The van der Waals surface area contributed by atoms with Crippen LogP contribution in [0.2, 0.25) is 5.02 Å². The predicted molar refractivity (Wildman–Crippen MR) is 75.9 cm³/mol. The van der Waals surface area contributed by atoms with E-state index >= 15 is 0 Å². The summed E-state index contributed by atoms with van der Waals surface area (Å²) in [7, 11) is 0. The fraction of sp³-hybridized carbons (Fsp3) is 0.600. The van der Waals surface area contributed by atoms with Crippen molar-refractivity contribution in [3.63, 3.8) is 0 Å². The van der Waals surface area contributed by atoms with Gasteiger partial charge in [-0.1, -0.05) is 30.2 Å². The normalized spacial score (nSPS) is 21.1. The molecule has 0 heterocycles. The maximum Gasteiger partial charge on any atom is 0.0640 e. The topological polar surface area (TPSA) is 46.2 Å². The first kappa shape index (κ1) is 13.9. The van der Waals surface area contributed by atoms with Crippen LogP contribution in [0.5, 0.6) is 0 Å². The predicted octanol–water partition coefficient (Wildman–Crippen LogP) is 3.25. The summed E-state index contributed by atoms with van der Waals surface area (Å²) in [6, 6.07) is 8.07. The first-order valence-electron chi connectivity index (χ1n) is 6.66. The van der Waals surface area contributed by atoms with Gasteiger partial charge in [0.15, 0.2) is 0 Å². The van der Waals surface area contributed by atoms with Crippen LogP contribution in [-0.4, -0.2) is 17.3 Å². The van der Waals surface area contributed by atoms with Crippen molar-refractivity contribution in [2.75, 3.05) is 6.54 Å². The lowest BCUT2D eigenvalue weighted by atomic mass is 9.59. The van der Waals surface area contributed by atoms with Crippen LogP contribution in [0.1, 0.15) is 44.6 Å². The first-order chi connectivity index (χ1) is 8.47. The molecule has 1 unspecified atom stereocenters. The molecule has 3 heteroatoms. The number of hydrogen-bond donors (Lipinski definition) is 2. The lowest BCUT2D eigenvalue weighted by Gasteiger charge is -2.46.